The smallest absolute Gasteiger partial charge is 0.163 e. The van der Waals surface area contributed by atoms with Crippen molar-refractivity contribution in [3.63, 3.8) is 0 Å². The molecule has 0 amide bonds. The molecule has 1 fully saturated rings. The summed E-state index contributed by atoms with van der Waals surface area (Å²) >= 11 is 0. The van der Waals surface area contributed by atoms with Gasteiger partial charge in [-0.2, -0.15) is 0 Å². The minimum atomic E-state index is -0.0348. The van der Waals surface area contributed by atoms with E-state index in [4.69, 9.17) is 9.47 Å². The molecule has 0 aliphatic carbocycles. The van der Waals surface area contributed by atoms with Crippen molar-refractivity contribution in [2.45, 2.75) is 98.1 Å². The van der Waals surface area contributed by atoms with Crippen molar-refractivity contribution >= 4 is 0 Å². The highest BCUT2D eigenvalue weighted by atomic mass is 16.7. The van der Waals surface area contributed by atoms with E-state index < -0.39 is 0 Å². The van der Waals surface area contributed by atoms with Crippen LogP contribution in [0.15, 0.2) is 0 Å². The molecule has 1 heterocycles. The molecule has 108 valence electrons. The Morgan fingerprint density at radius 3 is 2.17 bits per heavy atom. The molecule has 1 saturated heterocycles. The Hall–Kier alpha value is -0.0800. The van der Waals surface area contributed by atoms with Crippen molar-refractivity contribution in [3.05, 3.63) is 0 Å². The average molecular weight is 256 g/mol. The highest BCUT2D eigenvalue weighted by Crippen LogP contribution is 2.33. The quantitative estimate of drug-likeness (QED) is 0.628. The lowest BCUT2D eigenvalue weighted by molar-refractivity contribution is -0.280. The Balaban J connectivity index is 2.42. The van der Waals surface area contributed by atoms with Gasteiger partial charge in [-0.1, -0.05) is 60.3 Å². The van der Waals surface area contributed by atoms with Gasteiger partial charge in [0.15, 0.2) is 6.29 Å². The predicted octanol–water partition coefficient (Wildman–Crippen LogP) is 4.91. The molecule has 0 aromatic carbocycles. The summed E-state index contributed by atoms with van der Waals surface area (Å²) in [5.74, 6) is 0. The van der Waals surface area contributed by atoms with Gasteiger partial charge in [0.1, 0.15) is 0 Å². The van der Waals surface area contributed by atoms with Crippen LogP contribution < -0.4 is 0 Å². The van der Waals surface area contributed by atoms with Gasteiger partial charge in [0.25, 0.3) is 0 Å². The fourth-order valence-corrected chi connectivity index (χ4v) is 2.44. The van der Waals surface area contributed by atoms with Crippen LogP contribution in [0.4, 0.5) is 0 Å². The van der Waals surface area contributed by atoms with E-state index in [-0.39, 0.29) is 11.7 Å². The molecule has 0 unspecified atom stereocenters. The van der Waals surface area contributed by atoms with Gasteiger partial charge in [-0.15, -0.1) is 0 Å². The van der Waals surface area contributed by atoms with Crippen LogP contribution in [0.1, 0.15) is 79.6 Å². The Morgan fingerprint density at radius 2 is 1.61 bits per heavy atom. The van der Waals surface area contributed by atoms with Gasteiger partial charge in [-0.05, 0) is 19.3 Å². The summed E-state index contributed by atoms with van der Waals surface area (Å²) in [7, 11) is 0. The fraction of sp³-hybridized carbons (Fsp3) is 1.00. The molecule has 0 radical (unpaired) electrons. The van der Waals surface area contributed by atoms with Crippen molar-refractivity contribution in [2.75, 3.05) is 0 Å². The normalized spacial score (nSPS) is 29.5. The van der Waals surface area contributed by atoms with E-state index in [1.54, 1.807) is 0 Å². The lowest BCUT2D eigenvalue weighted by atomic mass is 9.93. The van der Waals surface area contributed by atoms with Crippen molar-refractivity contribution in [1.82, 2.24) is 0 Å². The molecule has 1 rings (SSSR count). The molecule has 0 saturated carbocycles. The van der Waals surface area contributed by atoms with Crippen LogP contribution in [0, 0.1) is 5.41 Å². The summed E-state index contributed by atoms with van der Waals surface area (Å²) < 4.78 is 12.2. The molecule has 0 spiro atoms. The molecule has 18 heavy (non-hydrogen) atoms. The Kier molecular flexibility index (Phi) is 6.65. The summed E-state index contributed by atoms with van der Waals surface area (Å²) in [4.78, 5) is 0. The zero-order valence-electron chi connectivity index (χ0n) is 13.0. The van der Waals surface area contributed by atoms with Crippen LogP contribution in [0.25, 0.3) is 0 Å². The first-order chi connectivity index (χ1) is 8.47. The maximum absolute atomic E-state index is 6.14. The lowest BCUT2D eigenvalue weighted by Gasteiger charge is -2.41. The molecule has 0 N–H and O–H groups in total. The third-order valence-electron chi connectivity index (χ3n) is 3.70. The zero-order valence-corrected chi connectivity index (χ0v) is 13.0. The molecule has 3 atom stereocenters. The van der Waals surface area contributed by atoms with E-state index in [1.165, 1.54) is 32.1 Å². The summed E-state index contributed by atoms with van der Waals surface area (Å²) in [6, 6.07) is 0. The maximum atomic E-state index is 6.14. The minimum Gasteiger partial charge on any atom is -0.349 e. The molecular weight excluding hydrogens is 224 g/mol. The van der Waals surface area contributed by atoms with E-state index in [0.29, 0.717) is 12.2 Å². The second-order valence-electron chi connectivity index (χ2n) is 6.71. The highest BCUT2D eigenvalue weighted by Gasteiger charge is 2.35. The Bertz CT molecular complexity index is 220. The average Bonchev–Trinajstić information content (AvgIpc) is 2.33. The number of unbranched alkanes of at least 4 members (excludes halogenated alkanes) is 3. The summed E-state index contributed by atoms with van der Waals surface area (Å²) in [6.45, 7) is 11.1. The summed E-state index contributed by atoms with van der Waals surface area (Å²) in [5.41, 5.74) is 0.0789. The van der Waals surface area contributed by atoms with Crippen molar-refractivity contribution < 1.29 is 9.47 Å². The summed E-state index contributed by atoms with van der Waals surface area (Å²) in [6.07, 6.45) is 9.43. The fourth-order valence-electron chi connectivity index (χ4n) is 2.44. The van der Waals surface area contributed by atoms with E-state index in [2.05, 4.69) is 34.6 Å². The molecule has 2 heteroatoms. The van der Waals surface area contributed by atoms with Gasteiger partial charge in [-0.25, -0.2) is 0 Å². The van der Waals surface area contributed by atoms with Gasteiger partial charge in [0.2, 0.25) is 0 Å². The standard InChI is InChI=1S/C16H32O2/c1-6-8-9-10-11-14-12-13(7-2)17-15(18-14)16(3,4)5/h13-15H,6-12H2,1-5H3/t13-,14-,15+/m1/s1. The lowest BCUT2D eigenvalue weighted by Crippen LogP contribution is -2.44. The Labute approximate surface area is 113 Å². The van der Waals surface area contributed by atoms with Crippen molar-refractivity contribution in [2.24, 2.45) is 5.41 Å². The van der Waals surface area contributed by atoms with Gasteiger partial charge >= 0.3 is 0 Å². The van der Waals surface area contributed by atoms with E-state index in [1.807, 2.05) is 0 Å². The van der Waals surface area contributed by atoms with E-state index in [9.17, 15) is 0 Å². The first-order valence-corrected chi connectivity index (χ1v) is 7.78. The molecule has 2 nitrogen and oxygen atoms in total. The van der Waals surface area contributed by atoms with Crippen LogP contribution >= 0.6 is 0 Å². The second-order valence-corrected chi connectivity index (χ2v) is 6.71. The highest BCUT2D eigenvalue weighted by molar-refractivity contribution is 4.77. The second kappa shape index (κ2) is 7.49. The predicted molar refractivity (Wildman–Crippen MR) is 76.7 cm³/mol. The number of hydrogen-bond donors (Lipinski definition) is 0. The molecule has 0 bridgehead atoms. The van der Waals surface area contributed by atoms with Gasteiger partial charge in [0, 0.05) is 5.41 Å². The van der Waals surface area contributed by atoms with Crippen molar-refractivity contribution in [1.29, 1.82) is 0 Å². The summed E-state index contributed by atoms with van der Waals surface area (Å²) in [5, 5.41) is 0. The third kappa shape index (κ3) is 5.27. The number of hydrogen-bond acceptors (Lipinski definition) is 2. The minimum absolute atomic E-state index is 0.0348. The molecule has 0 aromatic rings. The van der Waals surface area contributed by atoms with Crippen LogP contribution in [0.5, 0.6) is 0 Å². The topological polar surface area (TPSA) is 18.5 Å². The third-order valence-corrected chi connectivity index (χ3v) is 3.70. The first-order valence-electron chi connectivity index (χ1n) is 7.78. The molecule has 1 aliphatic heterocycles. The molecule has 0 aromatic heterocycles. The Morgan fingerprint density at radius 1 is 0.944 bits per heavy atom. The number of ether oxygens (including phenoxy) is 2. The van der Waals surface area contributed by atoms with Gasteiger partial charge in [-0.3, -0.25) is 0 Å². The van der Waals surface area contributed by atoms with E-state index in [0.717, 1.165) is 12.8 Å². The largest absolute Gasteiger partial charge is 0.349 e. The van der Waals surface area contributed by atoms with Gasteiger partial charge in [0.05, 0.1) is 12.2 Å². The maximum Gasteiger partial charge on any atom is 0.163 e. The SMILES string of the molecule is CCCCCC[C@@H]1C[C@@H](CC)O[C@H](C(C)(C)C)O1. The van der Waals surface area contributed by atoms with E-state index >= 15 is 0 Å². The first kappa shape index (κ1) is 16.0. The molecule has 1 aliphatic rings. The van der Waals surface area contributed by atoms with Crippen LogP contribution in [-0.4, -0.2) is 18.5 Å². The van der Waals surface area contributed by atoms with Crippen LogP contribution in [-0.2, 0) is 9.47 Å². The van der Waals surface area contributed by atoms with Crippen LogP contribution in [0.3, 0.4) is 0 Å². The van der Waals surface area contributed by atoms with Crippen LogP contribution in [0.2, 0.25) is 0 Å². The molecular formula is C16H32O2. The zero-order chi connectivity index (χ0) is 13.6. The van der Waals surface area contributed by atoms with Gasteiger partial charge < -0.3 is 9.47 Å². The van der Waals surface area contributed by atoms with Crippen molar-refractivity contribution in [3.8, 4) is 0 Å². The monoisotopic (exact) mass is 256 g/mol. The number of rotatable bonds is 6.